The molecule has 6 nitrogen and oxygen atoms in total. The molecule has 2 aromatic rings. The van der Waals surface area contributed by atoms with E-state index >= 15 is 0 Å². The van der Waals surface area contributed by atoms with Gasteiger partial charge in [0.05, 0.1) is 33.5 Å². The Kier molecular flexibility index (Phi) is 6.51. The monoisotopic (exact) mass is 345 g/mol. The molecule has 0 saturated heterocycles. The first-order valence-electron chi connectivity index (χ1n) is 7.92. The molecule has 0 aliphatic heterocycles. The number of rotatable bonds is 8. The number of hydrogen-bond acceptors (Lipinski definition) is 6. The average molecular weight is 345 g/mol. The van der Waals surface area contributed by atoms with Crippen molar-refractivity contribution in [2.45, 2.75) is 13.5 Å². The van der Waals surface area contributed by atoms with Crippen LogP contribution in [0, 0.1) is 0 Å². The molecule has 0 atom stereocenters. The van der Waals surface area contributed by atoms with Gasteiger partial charge in [0.2, 0.25) is 5.75 Å². The summed E-state index contributed by atoms with van der Waals surface area (Å²) in [4.78, 5) is 11.7. The lowest BCUT2D eigenvalue weighted by Gasteiger charge is -2.15. The maximum atomic E-state index is 11.7. The van der Waals surface area contributed by atoms with Crippen LogP contribution in [0.15, 0.2) is 36.4 Å². The average Bonchev–Trinajstić information content (AvgIpc) is 2.65. The van der Waals surface area contributed by atoms with Crippen molar-refractivity contribution in [1.29, 1.82) is 0 Å². The van der Waals surface area contributed by atoms with Crippen LogP contribution < -0.4 is 19.5 Å². The molecule has 0 amide bonds. The molecule has 0 unspecified atom stereocenters. The highest BCUT2D eigenvalue weighted by atomic mass is 16.5. The third-order valence-electron chi connectivity index (χ3n) is 3.62. The van der Waals surface area contributed by atoms with E-state index in [0.29, 0.717) is 36.0 Å². The van der Waals surface area contributed by atoms with E-state index in [1.807, 2.05) is 24.3 Å². The molecule has 25 heavy (non-hydrogen) atoms. The van der Waals surface area contributed by atoms with Gasteiger partial charge in [-0.05, 0) is 48.9 Å². The smallest absolute Gasteiger partial charge is 0.338 e. The quantitative estimate of drug-likeness (QED) is 0.739. The minimum atomic E-state index is -0.321. The number of anilines is 1. The van der Waals surface area contributed by atoms with Gasteiger partial charge in [0, 0.05) is 12.2 Å². The largest absolute Gasteiger partial charge is 0.493 e. The van der Waals surface area contributed by atoms with Crippen LogP contribution in [-0.4, -0.2) is 33.9 Å². The zero-order valence-electron chi connectivity index (χ0n) is 14.9. The summed E-state index contributed by atoms with van der Waals surface area (Å²) < 4.78 is 21.0. The van der Waals surface area contributed by atoms with Gasteiger partial charge < -0.3 is 24.3 Å². The molecular weight excluding hydrogens is 322 g/mol. The molecule has 0 radical (unpaired) electrons. The fourth-order valence-corrected chi connectivity index (χ4v) is 2.38. The van der Waals surface area contributed by atoms with Crippen molar-refractivity contribution in [3.8, 4) is 17.2 Å². The fraction of sp³-hybridized carbons (Fsp3) is 0.316. The van der Waals surface area contributed by atoms with E-state index in [0.717, 1.165) is 11.3 Å². The highest BCUT2D eigenvalue weighted by Gasteiger charge is 2.13. The van der Waals surface area contributed by atoms with Gasteiger partial charge >= 0.3 is 5.97 Å². The van der Waals surface area contributed by atoms with Gasteiger partial charge in [-0.1, -0.05) is 0 Å². The van der Waals surface area contributed by atoms with Crippen molar-refractivity contribution in [2.75, 3.05) is 33.3 Å². The van der Waals surface area contributed by atoms with Crippen molar-refractivity contribution in [3.63, 3.8) is 0 Å². The molecule has 0 fully saturated rings. The second kappa shape index (κ2) is 8.82. The summed E-state index contributed by atoms with van der Waals surface area (Å²) in [5.74, 6) is 1.46. The Morgan fingerprint density at radius 1 is 0.960 bits per heavy atom. The van der Waals surface area contributed by atoms with E-state index in [-0.39, 0.29) is 5.97 Å². The maximum absolute atomic E-state index is 11.7. The molecule has 0 aromatic heterocycles. The number of ether oxygens (including phenoxy) is 4. The molecule has 0 aliphatic rings. The number of esters is 1. The van der Waals surface area contributed by atoms with Gasteiger partial charge in [-0.3, -0.25) is 0 Å². The Morgan fingerprint density at radius 3 is 2.04 bits per heavy atom. The maximum Gasteiger partial charge on any atom is 0.338 e. The summed E-state index contributed by atoms with van der Waals surface area (Å²) in [7, 11) is 4.74. The molecule has 0 saturated carbocycles. The number of carbonyl (C=O) groups is 1. The van der Waals surface area contributed by atoms with Crippen LogP contribution in [0.2, 0.25) is 0 Å². The zero-order chi connectivity index (χ0) is 18.2. The normalized spacial score (nSPS) is 10.1. The summed E-state index contributed by atoms with van der Waals surface area (Å²) >= 11 is 0. The van der Waals surface area contributed by atoms with Crippen LogP contribution in [0.4, 0.5) is 5.69 Å². The van der Waals surface area contributed by atoms with Crippen molar-refractivity contribution in [1.82, 2.24) is 0 Å². The van der Waals surface area contributed by atoms with Crippen molar-refractivity contribution in [3.05, 3.63) is 47.5 Å². The van der Waals surface area contributed by atoms with Gasteiger partial charge in [0.25, 0.3) is 0 Å². The number of hydrogen-bond donors (Lipinski definition) is 1. The van der Waals surface area contributed by atoms with Crippen LogP contribution in [0.1, 0.15) is 22.8 Å². The standard InChI is InChI=1S/C19H23NO5/c1-5-25-19(21)14-6-8-15(9-7-14)20-12-13-10-16(22-2)18(24-4)17(11-13)23-3/h6-11,20H,5,12H2,1-4H3. The minimum Gasteiger partial charge on any atom is -0.493 e. The SMILES string of the molecule is CCOC(=O)c1ccc(NCc2cc(OC)c(OC)c(OC)c2)cc1. The van der Waals surface area contributed by atoms with Gasteiger partial charge in [0.1, 0.15) is 0 Å². The van der Waals surface area contributed by atoms with E-state index in [1.165, 1.54) is 0 Å². The highest BCUT2D eigenvalue weighted by molar-refractivity contribution is 5.89. The first-order valence-corrected chi connectivity index (χ1v) is 7.92. The summed E-state index contributed by atoms with van der Waals surface area (Å²) in [6.45, 7) is 2.71. The summed E-state index contributed by atoms with van der Waals surface area (Å²) in [5, 5.41) is 3.30. The lowest BCUT2D eigenvalue weighted by Crippen LogP contribution is -2.05. The first-order chi connectivity index (χ1) is 12.1. The van der Waals surface area contributed by atoms with Crippen LogP contribution in [0.5, 0.6) is 17.2 Å². The number of nitrogens with one attached hydrogen (secondary N) is 1. The third-order valence-corrected chi connectivity index (χ3v) is 3.62. The summed E-state index contributed by atoms with van der Waals surface area (Å²) in [6.07, 6.45) is 0. The molecule has 2 rings (SSSR count). The second-order valence-electron chi connectivity index (χ2n) is 5.18. The Morgan fingerprint density at radius 2 is 1.56 bits per heavy atom. The Labute approximate surface area is 147 Å². The summed E-state index contributed by atoms with van der Waals surface area (Å²) in [5.41, 5.74) is 2.39. The predicted octanol–water partition coefficient (Wildman–Crippen LogP) is 3.50. The molecule has 0 bridgehead atoms. The first kappa shape index (κ1) is 18.4. The predicted molar refractivity (Wildman–Crippen MR) is 95.8 cm³/mol. The number of methoxy groups -OCH3 is 3. The second-order valence-corrected chi connectivity index (χ2v) is 5.18. The third kappa shape index (κ3) is 4.56. The lowest BCUT2D eigenvalue weighted by molar-refractivity contribution is 0.0526. The molecule has 0 heterocycles. The molecule has 6 heteroatoms. The number of benzene rings is 2. The van der Waals surface area contributed by atoms with E-state index in [4.69, 9.17) is 18.9 Å². The van der Waals surface area contributed by atoms with Crippen LogP contribution in [-0.2, 0) is 11.3 Å². The topological polar surface area (TPSA) is 66.0 Å². The van der Waals surface area contributed by atoms with Crippen LogP contribution in [0.3, 0.4) is 0 Å². The van der Waals surface area contributed by atoms with Crippen molar-refractivity contribution < 1.29 is 23.7 Å². The van der Waals surface area contributed by atoms with Crippen molar-refractivity contribution in [2.24, 2.45) is 0 Å². The van der Waals surface area contributed by atoms with Gasteiger partial charge in [0.15, 0.2) is 11.5 Å². The zero-order valence-corrected chi connectivity index (χ0v) is 14.9. The highest BCUT2D eigenvalue weighted by Crippen LogP contribution is 2.38. The molecule has 134 valence electrons. The summed E-state index contributed by atoms with van der Waals surface area (Å²) in [6, 6.07) is 10.9. The van der Waals surface area contributed by atoms with Gasteiger partial charge in [-0.15, -0.1) is 0 Å². The van der Waals surface area contributed by atoms with E-state index in [2.05, 4.69) is 5.32 Å². The minimum absolute atomic E-state index is 0.321. The fourth-order valence-electron chi connectivity index (χ4n) is 2.38. The molecular formula is C19H23NO5. The lowest BCUT2D eigenvalue weighted by atomic mass is 10.1. The van der Waals surface area contributed by atoms with E-state index in [9.17, 15) is 4.79 Å². The van der Waals surface area contributed by atoms with Crippen LogP contribution in [0.25, 0.3) is 0 Å². The van der Waals surface area contributed by atoms with E-state index in [1.54, 1.807) is 40.4 Å². The Bertz CT molecular complexity index is 687. The Hall–Kier alpha value is -2.89. The van der Waals surface area contributed by atoms with Crippen molar-refractivity contribution >= 4 is 11.7 Å². The Balaban J connectivity index is 2.09. The number of carbonyl (C=O) groups excluding carboxylic acids is 1. The molecule has 1 N–H and O–H groups in total. The molecule has 0 spiro atoms. The van der Waals surface area contributed by atoms with Crippen LogP contribution >= 0.6 is 0 Å². The molecule has 0 aliphatic carbocycles. The van der Waals surface area contributed by atoms with Gasteiger partial charge in [-0.25, -0.2) is 4.79 Å². The van der Waals surface area contributed by atoms with E-state index < -0.39 is 0 Å². The van der Waals surface area contributed by atoms with Gasteiger partial charge in [-0.2, -0.15) is 0 Å². The molecule has 2 aromatic carbocycles.